The number of para-hydroxylation sites is 2. The lowest BCUT2D eigenvalue weighted by Crippen LogP contribution is -2.32. The summed E-state index contributed by atoms with van der Waals surface area (Å²) in [5.41, 5.74) is 4.85. The fraction of sp³-hybridized carbons (Fsp3) is 0.160. The van der Waals surface area contributed by atoms with Crippen molar-refractivity contribution in [3.8, 4) is 17.2 Å². The molecule has 0 bridgehead atoms. The van der Waals surface area contributed by atoms with Gasteiger partial charge in [0.05, 0.1) is 19.9 Å². The number of hydrogen-bond donors (Lipinski definition) is 1. The first-order valence-corrected chi connectivity index (χ1v) is 10.6. The predicted octanol–water partition coefficient (Wildman–Crippen LogP) is 4.25. The summed E-state index contributed by atoms with van der Waals surface area (Å²) < 4.78 is 19.5. The largest absolute Gasteiger partial charge is 0.497 e. The number of methoxy groups -OCH3 is 2. The third kappa shape index (κ3) is 3.02. The number of benzene rings is 3. The standard InChI is InChI=1S/C25H21N5O3/c1-31-16-13-11-15(12-14-16)24-21-22(17-7-3-6-10-20(17)33-24)26-25-27-28-29-30(25)23(21)18-8-4-5-9-19(18)32-2/h3-14,23-24H,1-2H3,(H,26,27,29)/t23-,24-/m1/s1. The molecule has 4 aromatic rings. The van der Waals surface area contributed by atoms with Gasteiger partial charge >= 0.3 is 0 Å². The number of fused-ring (bicyclic) bond motifs is 3. The van der Waals surface area contributed by atoms with Crippen molar-refractivity contribution in [3.05, 3.63) is 95.1 Å². The molecule has 0 amide bonds. The molecule has 0 unspecified atom stereocenters. The van der Waals surface area contributed by atoms with Gasteiger partial charge in [0.1, 0.15) is 29.4 Å². The van der Waals surface area contributed by atoms with Gasteiger partial charge in [0.2, 0.25) is 5.95 Å². The van der Waals surface area contributed by atoms with Crippen LogP contribution in [0.5, 0.6) is 17.2 Å². The van der Waals surface area contributed by atoms with Crippen LogP contribution < -0.4 is 19.5 Å². The van der Waals surface area contributed by atoms with Crippen LogP contribution in [0.2, 0.25) is 0 Å². The van der Waals surface area contributed by atoms with Crippen LogP contribution in [-0.2, 0) is 0 Å². The minimum Gasteiger partial charge on any atom is -0.497 e. The minimum atomic E-state index is -0.374. The maximum absolute atomic E-state index is 6.62. The lowest BCUT2D eigenvalue weighted by atomic mass is 9.84. The molecule has 0 aliphatic carbocycles. The smallest absolute Gasteiger partial charge is 0.248 e. The van der Waals surface area contributed by atoms with E-state index in [1.165, 1.54) is 0 Å². The Bertz CT molecular complexity index is 1360. The SMILES string of the molecule is COc1ccc([C@H]2Oc3ccccc3C3=C2[C@@H](c2ccccc2OC)n2nnnc2N3)cc1. The highest BCUT2D eigenvalue weighted by atomic mass is 16.5. The highest BCUT2D eigenvalue weighted by molar-refractivity contribution is 5.85. The Labute approximate surface area is 190 Å². The van der Waals surface area contributed by atoms with Crippen molar-refractivity contribution in [1.82, 2.24) is 20.2 Å². The van der Waals surface area contributed by atoms with Gasteiger partial charge in [-0.1, -0.05) is 47.6 Å². The van der Waals surface area contributed by atoms with Gasteiger partial charge in [-0.15, -0.1) is 0 Å². The molecule has 2 aliphatic heterocycles. The van der Waals surface area contributed by atoms with E-state index in [1.54, 1.807) is 18.9 Å². The Kier molecular flexibility index (Phi) is 4.50. The predicted molar refractivity (Wildman–Crippen MR) is 122 cm³/mol. The summed E-state index contributed by atoms with van der Waals surface area (Å²) in [7, 11) is 3.33. The molecule has 0 radical (unpaired) electrons. The van der Waals surface area contributed by atoms with Gasteiger partial charge < -0.3 is 19.5 Å². The second kappa shape index (κ2) is 7.67. The van der Waals surface area contributed by atoms with Gasteiger partial charge in [-0.05, 0) is 46.3 Å². The van der Waals surface area contributed by atoms with Crippen molar-refractivity contribution in [2.75, 3.05) is 19.5 Å². The summed E-state index contributed by atoms with van der Waals surface area (Å²) in [6, 6.07) is 23.5. The normalized spacial score (nSPS) is 18.4. The molecule has 6 rings (SSSR count). The zero-order chi connectivity index (χ0) is 22.4. The van der Waals surface area contributed by atoms with Crippen LogP contribution in [0.15, 0.2) is 78.4 Å². The summed E-state index contributed by atoms with van der Waals surface area (Å²) in [4.78, 5) is 0. The van der Waals surface area contributed by atoms with Gasteiger partial charge in [0.15, 0.2) is 0 Å². The average Bonchev–Trinajstić information content (AvgIpc) is 3.35. The Morgan fingerprint density at radius 3 is 2.52 bits per heavy atom. The number of ether oxygens (including phenoxy) is 3. The third-order valence-electron chi connectivity index (χ3n) is 6.09. The van der Waals surface area contributed by atoms with Crippen molar-refractivity contribution >= 4 is 11.6 Å². The fourth-order valence-electron chi connectivity index (χ4n) is 4.58. The van der Waals surface area contributed by atoms with Gasteiger partial charge in [-0.25, -0.2) is 0 Å². The molecule has 164 valence electrons. The van der Waals surface area contributed by atoms with E-state index in [4.69, 9.17) is 14.2 Å². The van der Waals surface area contributed by atoms with Crippen molar-refractivity contribution in [1.29, 1.82) is 0 Å². The quantitative estimate of drug-likeness (QED) is 0.509. The Morgan fingerprint density at radius 2 is 1.70 bits per heavy atom. The van der Waals surface area contributed by atoms with Crippen LogP contribution in [0, 0.1) is 0 Å². The molecule has 0 spiro atoms. The minimum absolute atomic E-state index is 0.331. The second-order valence-electron chi connectivity index (χ2n) is 7.81. The monoisotopic (exact) mass is 439 g/mol. The fourth-order valence-corrected chi connectivity index (χ4v) is 4.58. The summed E-state index contributed by atoms with van der Waals surface area (Å²) in [5.74, 6) is 2.90. The van der Waals surface area contributed by atoms with Crippen molar-refractivity contribution in [3.63, 3.8) is 0 Å². The van der Waals surface area contributed by atoms with E-state index in [2.05, 4.69) is 20.8 Å². The molecule has 2 atom stereocenters. The lowest BCUT2D eigenvalue weighted by molar-refractivity contribution is 0.222. The first kappa shape index (κ1) is 19.4. The van der Waals surface area contributed by atoms with E-state index in [0.717, 1.165) is 45.2 Å². The zero-order valence-corrected chi connectivity index (χ0v) is 18.1. The zero-order valence-electron chi connectivity index (χ0n) is 18.1. The first-order valence-electron chi connectivity index (χ1n) is 10.6. The topological polar surface area (TPSA) is 83.3 Å². The molecule has 1 N–H and O–H groups in total. The van der Waals surface area contributed by atoms with E-state index >= 15 is 0 Å². The molecule has 3 heterocycles. The number of aromatic nitrogens is 4. The number of tetrazole rings is 1. The Morgan fingerprint density at radius 1 is 0.909 bits per heavy atom. The number of rotatable bonds is 4. The van der Waals surface area contributed by atoms with Crippen LogP contribution in [0.4, 0.5) is 5.95 Å². The molecule has 2 aliphatic rings. The molecule has 1 aromatic heterocycles. The van der Waals surface area contributed by atoms with E-state index in [0.29, 0.717) is 5.95 Å². The Balaban J connectivity index is 1.62. The van der Waals surface area contributed by atoms with Crippen molar-refractivity contribution in [2.24, 2.45) is 0 Å². The van der Waals surface area contributed by atoms with Crippen LogP contribution in [-0.4, -0.2) is 34.4 Å². The lowest BCUT2D eigenvalue weighted by Gasteiger charge is -2.38. The highest BCUT2D eigenvalue weighted by Gasteiger charge is 2.42. The molecule has 8 heteroatoms. The Hall–Kier alpha value is -4.33. The molecular formula is C25H21N5O3. The summed E-state index contributed by atoms with van der Waals surface area (Å²) in [5, 5.41) is 16.0. The van der Waals surface area contributed by atoms with Crippen LogP contribution in [0.3, 0.4) is 0 Å². The molecule has 8 nitrogen and oxygen atoms in total. The molecule has 0 saturated heterocycles. The number of anilines is 1. The summed E-state index contributed by atoms with van der Waals surface area (Å²) in [6.45, 7) is 0. The molecule has 0 saturated carbocycles. The second-order valence-corrected chi connectivity index (χ2v) is 7.81. The number of hydrogen-bond acceptors (Lipinski definition) is 7. The molecule has 0 fully saturated rings. The van der Waals surface area contributed by atoms with Crippen LogP contribution in [0.25, 0.3) is 5.70 Å². The van der Waals surface area contributed by atoms with E-state index in [-0.39, 0.29) is 12.1 Å². The van der Waals surface area contributed by atoms with Crippen LogP contribution in [0.1, 0.15) is 28.8 Å². The van der Waals surface area contributed by atoms with E-state index in [9.17, 15) is 0 Å². The summed E-state index contributed by atoms with van der Waals surface area (Å²) in [6.07, 6.45) is -0.374. The molecule has 3 aromatic carbocycles. The van der Waals surface area contributed by atoms with Gasteiger partial charge in [-0.3, -0.25) is 0 Å². The average molecular weight is 439 g/mol. The number of nitrogens with zero attached hydrogens (tertiary/aromatic N) is 4. The number of nitrogens with one attached hydrogen (secondary N) is 1. The highest BCUT2D eigenvalue weighted by Crippen LogP contribution is 2.51. The van der Waals surface area contributed by atoms with E-state index in [1.807, 2.05) is 72.8 Å². The van der Waals surface area contributed by atoms with Gasteiger partial charge in [-0.2, -0.15) is 4.68 Å². The maximum atomic E-state index is 6.62. The molecular weight excluding hydrogens is 418 g/mol. The van der Waals surface area contributed by atoms with E-state index < -0.39 is 0 Å². The van der Waals surface area contributed by atoms with Crippen molar-refractivity contribution < 1.29 is 14.2 Å². The van der Waals surface area contributed by atoms with Crippen molar-refractivity contribution in [2.45, 2.75) is 12.1 Å². The van der Waals surface area contributed by atoms with Crippen LogP contribution >= 0.6 is 0 Å². The van der Waals surface area contributed by atoms with Gasteiger partial charge in [0.25, 0.3) is 0 Å². The van der Waals surface area contributed by atoms with Gasteiger partial charge in [0, 0.05) is 16.7 Å². The summed E-state index contributed by atoms with van der Waals surface area (Å²) >= 11 is 0. The third-order valence-corrected chi connectivity index (χ3v) is 6.09. The molecule has 33 heavy (non-hydrogen) atoms. The maximum Gasteiger partial charge on any atom is 0.248 e. The first-order chi connectivity index (χ1) is 16.3.